The lowest BCUT2D eigenvalue weighted by Crippen LogP contribution is -2.25. The van der Waals surface area contributed by atoms with Crippen molar-refractivity contribution < 1.29 is 19.1 Å². The Morgan fingerprint density at radius 1 is 0.667 bits per heavy atom. The van der Waals surface area contributed by atoms with E-state index in [1.165, 1.54) is 11.1 Å². The minimum Gasteiger partial charge on any atom is -0.422 e. The van der Waals surface area contributed by atoms with E-state index in [1.807, 2.05) is 24.3 Å². The standard InChI is InChI=1S/C29H40O4/c1-6-7-8-9-10-27(32-28(30)25-15-11-23(12-16-25)19-21(2)3)33-29(31)26-17-13-24(14-18-26)20-22(4)5/h11-18,21-22,27H,6-10,19-20H2,1-5H3. The molecule has 180 valence electrons. The lowest BCUT2D eigenvalue weighted by Gasteiger charge is -2.19. The van der Waals surface area contributed by atoms with Crippen LogP contribution in [0.25, 0.3) is 0 Å². The molecule has 2 rings (SSSR count). The molecule has 0 saturated carbocycles. The Balaban J connectivity index is 2.03. The predicted octanol–water partition coefficient (Wildman–Crippen LogP) is 7.39. The quantitative estimate of drug-likeness (QED) is 0.181. The molecule has 2 aromatic carbocycles. The molecule has 0 fully saturated rings. The van der Waals surface area contributed by atoms with E-state index in [1.54, 1.807) is 24.3 Å². The molecule has 0 aromatic heterocycles. The summed E-state index contributed by atoms with van der Waals surface area (Å²) in [7, 11) is 0. The van der Waals surface area contributed by atoms with E-state index in [9.17, 15) is 9.59 Å². The molecule has 0 bridgehead atoms. The first-order chi connectivity index (χ1) is 15.8. The molecule has 0 aliphatic heterocycles. The summed E-state index contributed by atoms with van der Waals surface area (Å²) in [5.41, 5.74) is 3.31. The topological polar surface area (TPSA) is 52.6 Å². The van der Waals surface area contributed by atoms with Gasteiger partial charge in [0.15, 0.2) is 0 Å². The second-order valence-electron chi connectivity index (χ2n) is 9.68. The van der Waals surface area contributed by atoms with Gasteiger partial charge in [0.1, 0.15) is 0 Å². The molecule has 4 heteroatoms. The third kappa shape index (κ3) is 9.81. The van der Waals surface area contributed by atoms with E-state index in [-0.39, 0.29) is 0 Å². The Kier molecular flexibility index (Phi) is 11.2. The van der Waals surface area contributed by atoms with Gasteiger partial charge in [0.2, 0.25) is 6.29 Å². The van der Waals surface area contributed by atoms with Crippen molar-refractivity contribution >= 4 is 11.9 Å². The summed E-state index contributed by atoms with van der Waals surface area (Å²) in [6.07, 6.45) is 5.57. The van der Waals surface area contributed by atoms with Crippen LogP contribution in [-0.4, -0.2) is 18.2 Å². The van der Waals surface area contributed by atoms with Gasteiger partial charge in [-0.15, -0.1) is 0 Å². The Morgan fingerprint density at radius 3 is 1.45 bits per heavy atom. The van der Waals surface area contributed by atoms with Crippen LogP contribution in [0.5, 0.6) is 0 Å². The minimum atomic E-state index is -0.896. The van der Waals surface area contributed by atoms with Crippen molar-refractivity contribution in [2.45, 2.75) is 85.9 Å². The molecule has 0 radical (unpaired) electrons. The molecule has 0 amide bonds. The molecule has 0 aliphatic carbocycles. The van der Waals surface area contributed by atoms with Crippen LogP contribution in [0.2, 0.25) is 0 Å². The van der Waals surface area contributed by atoms with Gasteiger partial charge in [-0.25, -0.2) is 9.59 Å². The van der Waals surface area contributed by atoms with Crippen molar-refractivity contribution in [3.63, 3.8) is 0 Å². The Hall–Kier alpha value is -2.62. The van der Waals surface area contributed by atoms with Crippen molar-refractivity contribution in [3.05, 3.63) is 70.8 Å². The van der Waals surface area contributed by atoms with Crippen molar-refractivity contribution in [1.29, 1.82) is 0 Å². The van der Waals surface area contributed by atoms with Crippen LogP contribution >= 0.6 is 0 Å². The van der Waals surface area contributed by atoms with Crippen molar-refractivity contribution in [3.8, 4) is 0 Å². The second kappa shape index (κ2) is 13.8. The number of rotatable bonds is 13. The van der Waals surface area contributed by atoms with Gasteiger partial charge >= 0.3 is 11.9 Å². The van der Waals surface area contributed by atoms with Crippen LogP contribution in [0.4, 0.5) is 0 Å². The molecule has 0 aliphatic rings. The molecule has 0 unspecified atom stereocenters. The highest BCUT2D eigenvalue weighted by Gasteiger charge is 2.21. The van der Waals surface area contributed by atoms with E-state index in [4.69, 9.17) is 9.47 Å². The van der Waals surface area contributed by atoms with Crippen LogP contribution < -0.4 is 0 Å². The first-order valence-corrected chi connectivity index (χ1v) is 12.4. The van der Waals surface area contributed by atoms with Gasteiger partial charge in [-0.05, 0) is 66.5 Å². The maximum Gasteiger partial charge on any atom is 0.341 e. The average Bonchev–Trinajstić information content (AvgIpc) is 2.76. The highest BCUT2D eigenvalue weighted by atomic mass is 16.7. The Morgan fingerprint density at radius 2 is 1.09 bits per heavy atom. The lowest BCUT2D eigenvalue weighted by molar-refractivity contribution is -0.0838. The number of esters is 2. The van der Waals surface area contributed by atoms with Gasteiger partial charge in [0.05, 0.1) is 11.1 Å². The molecular weight excluding hydrogens is 412 g/mol. The summed E-state index contributed by atoms with van der Waals surface area (Å²) < 4.78 is 11.2. The summed E-state index contributed by atoms with van der Waals surface area (Å²) >= 11 is 0. The molecular formula is C29H40O4. The fourth-order valence-electron chi connectivity index (χ4n) is 3.75. The molecule has 33 heavy (non-hydrogen) atoms. The molecule has 0 heterocycles. The summed E-state index contributed by atoms with van der Waals surface area (Å²) in [5.74, 6) is 0.168. The van der Waals surface area contributed by atoms with Gasteiger partial charge in [-0.3, -0.25) is 0 Å². The summed E-state index contributed by atoms with van der Waals surface area (Å²) in [6.45, 7) is 10.8. The van der Waals surface area contributed by atoms with Gasteiger partial charge in [-0.1, -0.05) is 78.1 Å². The zero-order chi connectivity index (χ0) is 24.2. The van der Waals surface area contributed by atoms with Gasteiger partial charge < -0.3 is 9.47 Å². The maximum absolute atomic E-state index is 12.7. The number of benzene rings is 2. The lowest BCUT2D eigenvalue weighted by atomic mass is 10.0. The number of hydrogen-bond acceptors (Lipinski definition) is 4. The number of ether oxygens (including phenoxy) is 2. The largest absolute Gasteiger partial charge is 0.422 e. The summed E-state index contributed by atoms with van der Waals surface area (Å²) in [5, 5.41) is 0. The van der Waals surface area contributed by atoms with Crippen LogP contribution in [0, 0.1) is 11.8 Å². The van der Waals surface area contributed by atoms with E-state index in [2.05, 4.69) is 34.6 Å². The van der Waals surface area contributed by atoms with Crippen LogP contribution in [0.15, 0.2) is 48.5 Å². The van der Waals surface area contributed by atoms with Crippen LogP contribution in [-0.2, 0) is 22.3 Å². The maximum atomic E-state index is 12.7. The van der Waals surface area contributed by atoms with E-state index >= 15 is 0 Å². The van der Waals surface area contributed by atoms with Crippen molar-refractivity contribution in [1.82, 2.24) is 0 Å². The molecule has 0 saturated heterocycles. The fraction of sp³-hybridized carbons (Fsp3) is 0.517. The average molecular weight is 453 g/mol. The van der Waals surface area contributed by atoms with Crippen LogP contribution in [0.3, 0.4) is 0 Å². The number of hydrogen-bond donors (Lipinski definition) is 0. The van der Waals surface area contributed by atoms with Crippen LogP contribution in [0.1, 0.15) is 98.6 Å². The summed E-state index contributed by atoms with van der Waals surface area (Å²) in [4.78, 5) is 25.5. The SMILES string of the molecule is CCCCCCC(OC(=O)c1ccc(CC(C)C)cc1)OC(=O)c1ccc(CC(C)C)cc1. The second-order valence-corrected chi connectivity index (χ2v) is 9.68. The fourth-order valence-corrected chi connectivity index (χ4v) is 3.75. The van der Waals surface area contributed by atoms with Crippen molar-refractivity contribution in [2.24, 2.45) is 11.8 Å². The number of unbranched alkanes of at least 4 members (excludes halogenated alkanes) is 3. The Labute approximate surface area is 199 Å². The van der Waals surface area contributed by atoms with Gasteiger partial charge in [0.25, 0.3) is 0 Å². The van der Waals surface area contributed by atoms with Gasteiger partial charge in [-0.2, -0.15) is 0 Å². The van der Waals surface area contributed by atoms with E-state index in [0.29, 0.717) is 29.4 Å². The minimum absolute atomic E-state index is 0.466. The highest BCUT2D eigenvalue weighted by molar-refractivity contribution is 5.91. The van der Waals surface area contributed by atoms with E-state index < -0.39 is 18.2 Å². The summed E-state index contributed by atoms with van der Waals surface area (Å²) in [6, 6.07) is 14.9. The van der Waals surface area contributed by atoms with Crippen molar-refractivity contribution in [2.75, 3.05) is 0 Å². The molecule has 0 N–H and O–H groups in total. The smallest absolute Gasteiger partial charge is 0.341 e. The zero-order valence-electron chi connectivity index (χ0n) is 20.9. The zero-order valence-corrected chi connectivity index (χ0v) is 20.9. The third-order valence-electron chi connectivity index (χ3n) is 5.44. The first kappa shape index (κ1) is 26.6. The molecule has 2 aromatic rings. The molecule has 0 spiro atoms. The monoisotopic (exact) mass is 452 g/mol. The molecule has 4 nitrogen and oxygen atoms in total. The third-order valence-corrected chi connectivity index (χ3v) is 5.44. The number of carbonyl (C=O) groups excluding carboxylic acids is 2. The van der Waals surface area contributed by atoms with Gasteiger partial charge in [0, 0.05) is 6.42 Å². The number of carbonyl (C=O) groups is 2. The molecule has 0 atom stereocenters. The first-order valence-electron chi connectivity index (χ1n) is 12.4. The predicted molar refractivity (Wildman–Crippen MR) is 133 cm³/mol. The van der Waals surface area contributed by atoms with E-state index in [0.717, 1.165) is 38.5 Å². The Bertz CT molecular complexity index is 783. The normalized spacial score (nSPS) is 11.3. The highest BCUT2D eigenvalue weighted by Crippen LogP contribution is 2.17.